The first-order valence-corrected chi connectivity index (χ1v) is 6.10. The minimum absolute atomic E-state index is 0.0880. The second kappa shape index (κ2) is 6.12. The molecule has 1 aliphatic carbocycles. The number of likely N-dealkylation sites (tertiary alicyclic amines) is 1. The Bertz CT molecular complexity index is 293. The van der Waals surface area contributed by atoms with E-state index in [1.165, 1.54) is 0 Å². The number of carboxylic acid groups (broad SMARTS) is 1. The van der Waals surface area contributed by atoms with Crippen LogP contribution in [-0.2, 0) is 9.59 Å². The number of aliphatic carboxylic acids is 1. The molecule has 1 saturated heterocycles. The number of carboxylic acids is 1. The van der Waals surface area contributed by atoms with E-state index < -0.39 is 5.97 Å². The number of nitrogens with two attached hydrogens (primary N) is 1. The van der Waals surface area contributed by atoms with Crippen LogP contribution in [-0.4, -0.2) is 47.4 Å². The van der Waals surface area contributed by atoms with Crippen LogP contribution in [0.2, 0.25) is 0 Å². The van der Waals surface area contributed by atoms with Gasteiger partial charge >= 0.3 is 5.97 Å². The normalized spacial score (nSPS) is 32.6. The van der Waals surface area contributed by atoms with Crippen molar-refractivity contribution in [2.24, 2.45) is 11.7 Å². The number of carbonyl (C=O) groups excluding carboxylic acids is 1. The molecule has 1 saturated carbocycles. The molecule has 1 aliphatic heterocycles. The van der Waals surface area contributed by atoms with Crippen molar-refractivity contribution < 1.29 is 14.7 Å². The van der Waals surface area contributed by atoms with Crippen LogP contribution in [0.25, 0.3) is 0 Å². The first kappa shape index (κ1) is 14.1. The summed E-state index contributed by atoms with van der Waals surface area (Å²) in [5.74, 6) is -0.0598. The number of rotatable bonds is 2. The third-order valence-electron chi connectivity index (χ3n) is 3.45. The van der Waals surface area contributed by atoms with Gasteiger partial charge in [0.25, 0.3) is 0 Å². The van der Waals surface area contributed by atoms with Gasteiger partial charge in [0, 0.05) is 18.9 Å². The fourth-order valence-electron chi connectivity index (χ4n) is 1.98. The van der Waals surface area contributed by atoms with E-state index in [0.717, 1.165) is 19.4 Å². The summed E-state index contributed by atoms with van der Waals surface area (Å²) in [6.07, 6.45) is 3.02. The molecule has 2 fully saturated rings. The Morgan fingerprint density at radius 2 is 2.12 bits per heavy atom. The second-order valence-corrected chi connectivity index (χ2v) is 5.09. The van der Waals surface area contributed by atoms with Gasteiger partial charge in [-0.25, -0.2) is 0 Å². The predicted octanol–water partition coefficient (Wildman–Crippen LogP) is 0.478. The fourth-order valence-corrected chi connectivity index (χ4v) is 1.98. The molecule has 2 rings (SSSR count). The molecule has 0 spiro atoms. The quantitative estimate of drug-likeness (QED) is 0.735. The van der Waals surface area contributed by atoms with E-state index in [1.807, 2.05) is 0 Å². The molecule has 5 heteroatoms. The lowest BCUT2D eigenvalue weighted by Gasteiger charge is -2.34. The molecule has 3 atom stereocenters. The summed E-state index contributed by atoms with van der Waals surface area (Å²) in [4.78, 5) is 22.5. The molecular formula is C12H22N2O3. The minimum Gasteiger partial charge on any atom is -0.481 e. The highest BCUT2D eigenvalue weighted by atomic mass is 16.4. The van der Waals surface area contributed by atoms with Crippen LogP contribution < -0.4 is 5.73 Å². The third kappa shape index (κ3) is 5.28. The lowest BCUT2D eigenvalue weighted by Crippen LogP contribution is -2.38. The van der Waals surface area contributed by atoms with Crippen molar-refractivity contribution >= 4 is 11.8 Å². The van der Waals surface area contributed by atoms with E-state index in [0.29, 0.717) is 24.8 Å². The average Bonchev–Trinajstić information content (AvgIpc) is 2.86. The maximum Gasteiger partial charge on any atom is 0.303 e. The summed E-state index contributed by atoms with van der Waals surface area (Å²) in [7, 11) is 2.10. The number of Topliss-reactive ketones (excluding diaryl/α,β-unsaturated/α-hetero) is 1. The van der Waals surface area contributed by atoms with Crippen LogP contribution in [0.3, 0.4) is 0 Å². The highest BCUT2D eigenvalue weighted by Crippen LogP contribution is 2.23. The molecule has 0 aromatic carbocycles. The zero-order chi connectivity index (χ0) is 13.0. The maximum atomic E-state index is 10.4. The van der Waals surface area contributed by atoms with Gasteiger partial charge in [-0.3, -0.25) is 9.59 Å². The summed E-state index contributed by atoms with van der Waals surface area (Å²) in [5, 5.41) is 8.60. The van der Waals surface area contributed by atoms with Gasteiger partial charge in [0.15, 0.2) is 5.78 Å². The van der Waals surface area contributed by atoms with Crippen LogP contribution in [0.1, 0.15) is 32.6 Å². The summed E-state index contributed by atoms with van der Waals surface area (Å²) in [6, 6.07) is 0.457. The van der Waals surface area contributed by atoms with Gasteiger partial charge in [0.1, 0.15) is 0 Å². The lowest BCUT2D eigenvalue weighted by atomic mass is 9.89. The topological polar surface area (TPSA) is 83.6 Å². The Kier molecular flexibility index (Phi) is 5.08. The molecule has 98 valence electrons. The Labute approximate surface area is 102 Å². The molecule has 0 aromatic heterocycles. The van der Waals surface area contributed by atoms with Crippen molar-refractivity contribution in [3.63, 3.8) is 0 Å². The van der Waals surface area contributed by atoms with Gasteiger partial charge < -0.3 is 15.7 Å². The molecule has 2 aliphatic rings. The highest BCUT2D eigenvalue weighted by Gasteiger charge is 2.29. The highest BCUT2D eigenvalue weighted by molar-refractivity contribution is 5.99. The number of hydrogen-bond acceptors (Lipinski definition) is 4. The van der Waals surface area contributed by atoms with Crippen molar-refractivity contribution in [3.8, 4) is 0 Å². The van der Waals surface area contributed by atoms with Crippen molar-refractivity contribution in [2.45, 2.75) is 44.7 Å². The van der Waals surface area contributed by atoms with Crippen LogP contribution in [0, 0.1) is 5.92 Å². The molecule has 0 radical (unpaired) electrons. The second-order valence-electron chi connectivity index (χ2n) is 5.09. The summed E-state index contributed by atoms with van der Waals surface area (Å²) in [6.45, 7) is 3.20. The predicted molar refractivity (Wildman–Crippen MR) is 64.7 cm³/mol. The smallest absolute Gasteiger partial charge is 0.303 e. The maximum absolute atomic E-state index is 10.4. The number of carbonyl (C=O) groups is 2. The van der Waals surface area contributed by atoms with Crippen molar-refractivity contribution in [2.75, 3.05) is 13.6 Å². The van der Waals surface area contributed by atoms with E-state index in [4.69, 9.17) is 10.8 Å². The van der Waals surface area contributed by atoms with E-state index in [1.54, 1.807) is 0 Å². The van der Waals surface area contributed by atoms with Gasteiger partial charge in [-0.05, 0) is 39.3 Å². The SMILES string of the molecule is CC1CC(CC(=O)O)CCN1C.NC1CC1=O. The van der Waals surface area contributed by atoms with Crippen molar-refractivity contribution in [1.29, 1.82) is 0 Å². The van der Waals surface area contributed by atoms with Crippen molar-refractivity contribution in [1.82, 2.24) is 4.90 Å². The largest absolute Gasteiger partial charge is 0.481 e. The molecule has 17 heavy (non-hydrogen) atoms. The summed E-state index contributed by atoms with van der Waals surface area (Å²) in [5.41, 5.74) is 5.02. The van der Waals surface area contributed by atoms with Crippen LogP contribution in [0.5, 0.6) is 0 Å². The minimum atomic E-state index is -0.656. The van der Waals surface area contributed by atoms with Gasteiger partial charge in [0.2, 0.25) is 0 Å². The van der Waals surface area contributed by atoms with E-state index in [-0.39, 0.29) is 11.8 Å². The number of ketones is 1. The third-order valence-corrected chi connectivity index (χ3v) is 3.45. The molecule has 3 unspecified atom stereocenters. The van der Waals surface area contributed by atoms with Gasteiger partial charge in [-0.2, -0.15) is 0 Å². The molecular weight excluding hydrogens is 220 g/mol. The summed E-state index contributed by atoms with van der Waals surface area (Å²) >= 11 is 0. The van der Waals surface area contributed by atoms with E-state index in [2.05, 4.69) is 18.9 Å². The van der Waals surface area contributed by atoms with Crippen LogP contribution in [0.4, 0.5) is 0 Å². The lowest BCUT2D eigenvalue weighted by molar-refractivity contribution is -0.138. The van der Waals surface area contributed by atoms with Gasteiger partial charge in [0.05, 0.1) is 6.04 Å². The summed E-state index contributed by atoms with van der Waals surface area (Å²) < 4.78 is 0. The van der Waals surface area contributed by atoms with Gasteiger partial charge in [-0.1, -0.05) is 0 Å². The molecule has 1 heterocycles. The molecule has 3 N–H and O–H groups in total. The zero-order valence-electron chi connectivity index (χ0n) is 10.6. The molecule has 0 aromatic rings. The van der Waals surface area contributed by atoms with E-state index in [9.17, 15) is 9.59 Å². The Hall–Kier alpha value is -0.940. The number of nitrogens with zero attached hydrogens (tertiary/aromatic N) is 1. The van der Waals surface area contributed by atoms with Crippen molar-refractivity contribution in [3.05, 3.63) is 0 Å². The van der Waals surface area contributed by atoms with Crippen LogP contribution >= 0.6 is 0 Å². The monoisotopic (exact) mass is 242 g/mol. The Morgan fingerprint density at radius 1 is 1.59 bits per heavy atom. The molecule has 0 amide bonds. The Morgan fingerprint density at radius 3 is 2.47 bits per heavy atom. The van der Waals surface area contributed by atoms with Gasteiger partial charge in [-0.15, -0.1) is 0 Å². The van der Waals surface area contributed by atoms with E-state index >= 15 is 0 Å². The number of piperidine rings is 1. The first-order valence-electron chi connectivity index (χ1n) is 6.10. The first-order chi connectivity index (χ1) is 7.90. The molecule has 5 nitrogen and oxygen atoms in total. The molecule has 0 bridgehead atoms. The standard InChI is InChI=1S/C9H17NO2.C3H5NO/c1-7-5-8(6-9(11)12)3-4-10(7)2;4-2-1-3(2)5/h7-8H,3-6H2,1-2H3,(H,11,12);2H,1,4H2. The van der Waals surface area contributed by atoms with Crippen LogP contribution in [0.15, 0.2) is 0 Å². The average molecular weight is 242 g/mol. The zero-order valence-corrected chi connectivity index (χ0v) is 10.6. The number of hydrogen-bond donors (Lipinski definition) is 2. The fraction of sp³-hybridized carbons (Fsp3) is 0.833. The Balaban J connectivity index is 0.000000239.